The molecule has 1 aromatic heterocycles. The highest BCUT2D eigenvalue weighted by Gasteiger charge is 2.21. The van der Waals surface area contributed by atoms with Gasteiger partial charge in [-0.3, -0.25) is 10.1 Å². The summed E-state index contributed by atoms with van der Waals surface area (Å²) < 4.78 is 0.908. The Morgan fingerprint density at radius 1 is 1.37 bits per heavy atom. The van der Waals surface area contributed by atoms with Crippen LogP contribution in [0, 0.1) is 10.1 Å². The average molecular weight is 344 g/mol. The molecule has 0 aliphatic carbocycles. The minimum absolute atomic E-state index is 0.0979. The van der Waals surface area contributed by atoms with Crippen molar-refractivity contribution >= 4 is 39.0 Å². The first-order valence-electron chi connectivity index (χ1n) is 5.21. The first-order chi connectivity index (χ1) is 9.09. The van der Waals surface area contributed by atoms with Crippen LogP contribution in [-0.2, 0) is 6.54 Å². The second kappa shape index (κ2) is 5.94. The highest BCUT2D eigenvalue weighted by Crippen LogP contribution is 2.29. The summed E-state index contributed by atoms with van der Waals surface area (Å²) in [6.45, 7) is 0.385. The maximum absolute atomic E-state index is 10.9. The fraction of sp³-hybridized carbons (Fsp3) is 0.0909. The number of halogens is 2. The summed E-state index contributed by atoms with van der Waals surface area (Å²) in [5, 5.41) is 13.6. The van der Waals surface area contributed by atoms with Gasteiger partial charge in [0.25, 0.3) is 0 Å². The van der Waals surface area contributed by atoms with E-state index >= 15 is 0 Å². The van der Waals surface area contributed by atoms with Crippen LogP contribution in [-0.4, -0.2) is 14.9 Å². The maximum atomic E-state index is 10.9. The van der Waals surface area contributed by atoms with Crippen LogP contribution >= 0.6 is 27.5 Å². The minimum Gasteiger partial charge on any atom is -0.360 e. The normalized spacial score (nSPS) is 10.2. The molecule has 0 saturated heterocycles. The molecule has 0 unspecified atom stereocenters. The van der Waals surface area contributed by atoms with Crippen LogP contribution < -0.4 is 5.32 Å². The van der Waals surface area contributed by atoms with Gasteiger partial charge >= 0.3 is 5.69 Å². The molecule has 0 amide bonds. The van der Waals surface area contributed by atoms with Crippen molar-refractivity contribution < 1.29 is 4.92 Å². The number of nitro groups is 1. The van der Waals surface area contributed by atoms with E-state index in [0.717, 1.165) is 10.0 Å². The van der Waals surface area contributed by atoms with E-state index in [1.54, 1.807) is 0 Å². The second-order valence-electron chi connectivity index (χ2n) is 3.56. The van der Waals surface area contributed by atoms with Crippen LogP contribution in [0.4, 0.5) is 11.5 Å². The lowest BCUT2D eigenvalue weighted by Crippen LogP contribution is -2.06. The zero-order chi connectivity index (χ0) is 13.8. The molecular weight excluding hydrogens is 336 g/mol. The second-order valence-corrected chi connectivity index (χ2v) is 4.78. The van der Waals surface area contributed by atoms with Crippen molar-refractivity contribution in [3.05, 3.63) is 55.9 Å². The van der Waals surface area contributed by atoms with Crippen molar-refractivity contribution in [2.45, 2.75) is 6.54 Å². The minimum atomic E-state index is -0.606. The third-order valence-electron chi connectivity index (χ3n) is 2.36. The summed E-state index contributed by atoms with van der Waals surface area (Å²) in [6.07, 6.45) is 1.18. The van der Waals surface area contributed by atoms with Crippen molar-refractivity contribution in [2.75, 3.05) is 5.32 Å². The van der Waals surface area contributed by atoms with Crippen LogP contribution in [0.5, 0.6) is 0 Å². The molecule has 8 heteroatoms. The van der Waals surface area contributed by atoms with Gasteiger partial charge in [-0.05, 0) is 11.6 Å². The molecule has 0 aliphatic heterocycles. The molecule has 6 nitrogen and oxygen atoms in total. The molecule has 19 heavy (non-hydrogen) atoms. The number of hydrogen-bond donors (Lipinski definition) is 1. The lowest BCUT2D eigenvalue weighted by atomic mass is 10.2. The van der Waals surface area contributed by atoms with Gasteiger partial charge in [0.15, 0.2) is 0 Å². The molecule has 0 bridgehead atoms. The van der Waals surface area contributed by atoms with Gasteiger partial charge in [-0.25, -0.2) is 9.97 Å². The molecule has 1 N–H and O–H groups in total. The van der Waals surface area contributed by atoms with E-state index in [9.17, 15) is 10.1 Å². The lowest BCUT2D eigenvalue weighted by molar-refractivity contribution is -0.384. The highest BCUT2D eigenvalue weighted by atomic mass is 79.9. The van der Waals surface area contributed by atoms with Gasteiger partial charge in [-0.15, -0.1) is 0 Å². The number of nitrogens with zero attached hydrogens (tertiary/aromatic N) is 3. The van der Waals surface area contributed by atoms with E-state index in [0.29, 0.717) is 6.54 Å². The lowest BCUT2D eigenvalue weighted by Gasteiger charge is -2.07. The fourth-order valence-electron chi connectivity index (χ4n) is 1.47. The van der Waals surface area contributed by atoms with Crippen LogP contribution in [0.15, 0.2) is 35.1 Å². The topological polar surface area (TPSA) is 81.0 Å². The third kappa shape index (κ3) is 3.18. The molecule has 0 fully saturated rings. The first-order valence-corrected chi connectivity index (χ1v) is 6.39. The number of rotatable bonds is 4. The van der Waals surface area contributed by atoms with Gasteiger partial charge in [0.05, 0.1) is 4.92 Å². The SMILES string of the molecule is O=[N+]([O-])c1c(Cl)ncnc1NCc1ccccc1Br. The van der Waals surface area contributed by atoms with Crippen LogP contribution in [0.3, 0.4) is 0 Å². The summed E-state index contributed by atoms with van der Waals surface area (Å²) in [7, 11) is 0. The zero-order valence-corrected chi connectivity index (χ0v) is 11.8. The maximum Gasteiger partial charge on any atom is 0.348 e. The van der Waals surface area contributed by atoms with Crippen LogP contribution in [0.25, 0.3) is 0 Å². The number of aromatic nitrogens is 2. The molecule has 2 rings (SSSR count). The molecular formula is C11H8BrClN4O2. The number of anilines is 1. The number of nitrogens with one attached hydrogen (secondary N) is 1. The fourth-order valence-corrected chi connectivity index (χ4v) is 2.10. The van der Waals surface area contributed by atoms with Gasteiger partial charge in [-0.1, -0.05) is 45.7 Å². The van der Waals surface area contributed by atoms with Gasteiger partial charge in [-0.2, -0.15) is 0 Å². The average Bonchev–Trinajstić information content (AvgIpc) is 2.37. The molecule has 0 saturated carbocycles. The Balaban J connectivity index is 2.23. The van der Waals surface area contributed by atoms with E-state index in [1.165, 1.54) is 6.33 Å². The van der Waals surface area contributed by atoms with Crippen molar-refractivity contribution in [1.82, 2.24) is 9.97 Å². The van der Waals surface area contributed by atoms with E-state index < -0.39 is 4.92 Å². The molecule has 0 radical (unpaired) electrons. The number of hydrogen-bond acceptors (Lipinski definition) is 5. The molecule has 0 aliphatic rings. The van der Waals surface area contributed by atoms with Gasteiger partial charge in [0.2, 0.25) is 11.0 Å². The Kier molecular flexibility index (Phi) is 4.28. The highest BCUT2D eigenvalue weighted by molar-refractivity contribution is 9.10. The number of benzene rings is 1. The van der Waals surface area contributed by atoms with E-state index in [2.05, 4.69) is 31.2 Å². The zero-order valence-electron chi connectivity index (χ0n) is 9.51. The third-order valence-corrected chi connectivity index (χ3v) is 3.41. The molecule has 98 valence electrons. The Morgan fingerprint density at radius 2 is 2.11 bits per heavy atom. The van der Waals surface area contributed by atoms with Crippen molar-refractivity contribution in [1.29, 1.82) is 0 Å². The van der Waals surface area contributed by atoms with Crippen molar-refractivity contribution in [3.63, 3.8) is 0 Å². The Labute approximate surface area is 122 Å². The largest absolute Gasteiger partial charge is 0.360 e. The van der Waals surface area contributed by atoms with E-state index in [-0.39, 0.29) is 16.7 Å². The van der Waals surface area contributed by atoms with Gasteiger partial charge in [0, 0.05) is 11.0 Å². The monoisotopic (exact) mass is 342 g/mol. The molecule has 0 spiro atoms. The summed E-state index contributed by atoms with van der Waals surface area (Å²) in [5.41, 5.74) is 0.628. The quantitative estimate of drug-likeness (QED) is 0.522. The van der Waals surface area contributed by atoms with Crippen LogP contribution in [0.2, 0.25) is 5.15 Å². The first kappa shape index (κ1) is 13.7. The Morgan fingerprint density at radius 3 is 2.79 bits per heavy atom. The van der Waals surface area contributed by atoms with Gasteiger partial charge < -0.3 is 5.32 Å². The summed E-state index contributed by atoms with van der Waals surface area (Å²) in [5.74, 6) is 0.0979. The standard InChI is InChI=1S/C11H8BrClN4O2/c12-8-4-2-1-3-7(8)5-14-11-9(17(18)19)10(13)15-6-16-11/h1-4,6H,5H2,(H,14,15,16). The summed E-state index contributed by atoms with van der Waals surface area (Å²) in [6, 6.07) is 7.55. The van der Waals surface area contributed by atoms with Crippen LogP contribution in [0.1, 0.15) is 5.56 Å². The van der Waals surface area contributed by atoms with E-state index in [4.69, 9.17) is 11.6 Å². The predicted octanol–water partition coefficient (Wildman–Crippen LogP) is 3.41. The van der Waals surface area contributed by atoms with Crippen molar-refractivity contribution in [3.8, 4) is 0 Å². The van der Waals surface area contributed by atoms with E-state index in [1.807, 2.05) is 24.3 Å². The Bertz CT molecular complexity index is 623. The predicted molar refractivity (Wildman–Crippen MR) is 75.2 cm³/mol. The molecule has 1 aromatic carbocycles. The van der Waals surface area contributed by atoms with Crippen molar-refractivity contribution in [2.24, 2.45) is 0 Å². The van der Waals surface area contributed by atoms with Gasteiger partial charge in [0.1, 0.15) is 6.33 Å². The molecule has 1 heterocycles. The molecule has 0 atom stereocenters. The smallest absolute Gasteiger partial charge is 0.348 e. The summed E-state index contributed by atoms with van der Waals surface area (Å²) >= 11 is 9.09. The Hall–Kier alpha value is -1.73. The summed E-state index contributed by atoms with van der Waals surface area (Å²) in [4.78, 5) is 17.7. The molecule has 2 aromatic rings.